The molecule has 0 spiro atoms. The van der Waals surface area contributed by atoms with Crippen LogP contribution in [0.2, 0.25) is 0 Å². The number of carboxylic acid groups (broad SMARTS) is 1. The number of urea groups is 1. The fourth-order valence-electron chi connectivity index (χ4n) is 2.83. The van der Waals surface area contributed by atoms with Crippen molar-refractivity contribution in [1.82, 2.24) is 16.0 Å². The van der Waals surface area contributed by atoms with Crippen molar-refractivity contribution in [1.29, 1.82) is 0 Å². The van der Waals surface area contributed by atoms with Gasteiger partial charge in [0.25, 0.3) is 0 Å². The molecule has 1 aromatic rings. The van der Waals surface area contributed by atoms with Gasteiger partial charge in [-0.25, -0.2) is 9.59 Å². The fourth-order valence-corrected chi connectivity index (χ4v) is 2.83. The Labute approximate surface area is 147 Å². The second kappa shape index (κ2) is 9.66. The van der Waals surface area contributed by atoms with Crippen LogP contribution in [0.25, 0.3) is 0 Å². The maximum absolute atomic E-state index is 11.8. The van der Waals surface area contributed by atoms with E-state index in [0.29, 0.717) is 6.54 Å². The molecule has 0 unspecified atom stereocenters. The molecule has 0 bridgehead atoms. The molecule has 1 aliphatic carbocycles. The molecule has 3 amide bonds. The van der Waals surface area contributed by atoms with Crippen LogP contribution >= 0.6 is 0 Å². The van der Waals surface area contributed by atoms with Crippen molar-refractivity contribution in [3.8, 4) is 0 Å². The predicted molar refractivity (Wildman–Crippen MR) is 93.3 cm³/mol. The summed E-state index contributed by atoms with van der Waals surface area (Å²) in [4.78, 5) is 34.3. The number of hydrogen-bond acceptors (Lipinski definition) is 3. The number of benzene rings is 1. The summed E-state index contributed by atoms with van der Waals surface area (Å²) in [6, 6.07) is 6.36. The van der Waals surface area contributed by atoms with Gasteiger partial charge in [0.1, 0.15) is 0 Å². The minimum absolute atomic E-state index is 0.166. The van der Waals surface area contributed by atoms with Gasteiger partial charge in [0.05, 0.1) is 5.56 Å². The molecule has 7 heteroatoms. The van der Waals surface area contributed by atoms with Crippen LogP contribution in [0.4, 0.5) is 4.79 Å². The molecule has 4 N–H and O–H groups in total. The lowest BCUT2D eigenvalue weighted by Gasteiger charge is -2.22. The van der Waals surface area contributed by atoms with Gasteiger partial charge in [0.15, 0.2) is 0 Å². The van der Waals surface area contributed by atoms with Crippen LogP contribution in [0.1, 0.15) is 54.4 Å². The summed E-state index contributed by atoms with van der Waals surface area (Å²) in [6.45, 7) is 0.606. The molecule has 0 atom stereocenters. The summed E-state index contributed by atoms with van der Waals surface area (Å²) >= 11 is 0. The molecule has 1 aliphatic rings. The van der Waals surface area contributed by atoms with E-state index in [-0.39, 0.29) is 36.5 Å². The van der Waals surface area contributed by atoms with Gasteiger partial charge < -0.3 is 21.1 Å². The Morgan fingerprint density at radius 3 is 2.32 bits per heavy atom. The largest absolute Gasteiger partial charge is 0.478 e. The molecule has 25 heavy (non-hydrogen) atoms. The number of aromatic carboxylic acids is 1. The van der Waals surface area contributed by atoms with Gasteiger partial charge >= 0.3 is 12.0 Å². The van der Waals surface area contributed by atoms with E-state index in [1.807, 2.05) is 0 Å². The zero-order chi connectivity index (χ0) is 18.1. The van der Waals surface area contributed by atoms with E-state index in [1.165, 1.54) is 18.6 Å². The number of amides is 3. The van der Waals surface area contributed by atoms with Crippen LogP contribution in [0.15, 0.2) is 24.3 Å². The second-order valence-electron chi connectivity index (χ2n) is 6.26. The van der Waals surface area contributed by atoms with Crippen LogP contribution in [0.5, 0.6) is 0 Å². The molecule has 1 saturated carbocycles. The lowest BCUT2D eigenvalue weighted by atomic mass is 9.96. The maximum atomic E-state index is 11.8. The van der Waals surface area contributed by atoms with Crippen molar-refractivity contribution in [2.45, 2.75) is 51.1 Å². The molecular formula is C18H25N3O4. The highest BCUT2D eigenvalue weighted by Gasteiger charge is 2.15. The van der Waals surface area contributed by atoms with Crippen molar-refractivity contribution in [2.75, 3.05) is 6.54 Å². The lowest BCUT2D eigenvalue weighted by Crippen LogP contribution is -2.43. The number of carbonyl (C=O) groups is 3. The molecule has 0 radical (unpaired) electrons. The van der Waals surface area contributed by atoms with Crippen LogP contribution in [0, 0.1) is 0 Å². The Morgan fingerprint density at radius 1 is 1.00 bits per heavy atom. The highest BCUT2D eigenvalue weighted by Crippen LogP contribution is 2.17. The summed E-state index contributed by atoms with van der Waals surface area (Å²) < 4.78 is 0. The molecule has 0 aliphatic heterocycles. The molecular weight excluding hydrogens is 322 g/mol. The number of carbonyl (C=O) groups excluding carboxylic acids is 2. The highest BCUT2D eigenvalue weighted by atomic mass is 16.4. The monoisotopic (exact) mass is 347 g/mol. The first-order chi connectivity index (χ1) is 12.0. The predicted octanol–water partition coefficient (Wildman–Crippen LogP) is 2.02. The molecule has 2 rings (SSSR count). The standard InChI is InChI=1S/C18H25N3O4/c22-16(20-12-13-6-8-14(9-7-13)17(23)24)10-11-19-18(25)21-15-4-2-1-3-5-15/h6-9,15H,1-5,10-12H2,(H,20,22)(H,23,24)(H2,19,21,25). The third-order valence-electron chi connectivity index (χ3n) is 4.27. The zero-order valence-electron chi connectivity index (χ0n) is 14.2. The van der Waals surface area contributed by atoms with Gasteiger partial charge in [0, 0.05) is 25.6 Å². The Balaban J connectivity index is 1.60. The van der Waals surface area contributed by atoms with E-state index in [0.717, 1.165) is 31.2 Å². The van der Waals surface area contributed by atoms with Crippen molar-refractivity contribution in [3.05, 3.63) is 35.4 Å². The van der Waals surface area contributed by atoms with Crippen LogP contribution in [-0.2, 0) is 11.3 Å². The van der Waals surface area contributed by atoms with Gasteiger partial charge in [-0.2, -0.15) is 0 Å². The first-order valence-corrected chi connectivity index (χ1v) is 8.68. The van der Waals surface area contributed by atoms with Crippen molar-refractivity contribution in [2.24, 2.45) is 0 Å². The van der Waals surface area contributed by atoms with Crippen molar-refractivity contribution < 1.29 is 19.5 Å². The third-order valence-corrected chi connectivity index (χ3v) is 4.27. The van der Waals surface area contributed by atoms with Gasteiger partial charge in [-0.3, -0.25) is 4.79 Å². The van der Waals surface area contributed by atoms with E-state index in [4.69, 9.17) is 5.11 Å². The second-order valence-corrected chi connectivity index (χ2v) is 6.26. The fraction of sp³-hybridized carbons (Fsp3) is 0.500. The topological polar surface area (TPSA) is 108 Å². The average molecular weight is 347 g/mol. The van der Waals surface area contributed by atoms with E-state index in [2.05, 4.69) is 16.0 Å². The summed E-state index contributed by atoms with van der Waals surface area (Å²) in [6.07, 6.45) is 5.79. The van der Waals surface area contributed by atoms with Crippen molar-refractivity contribution in [3.63, 3.8) is 0 Å². The minimum Gasteiger partial charge on any atom is -0.478 e. The molecule has 136 valence electrons. The molecule has 1 fully saturated rings. The molecule has 0 saturated heterocycles. The first-order valence-electron chi connectivity index (χ1n) is 8.68. The number of nitrogens with one attached hydrogen (secondary N) is 3. The highest BCUT2D eigenvalue weighted by molar-refractivity contribution is 5.87. The summed E-state index contributed by atoms with van der Waals surface area (Å²) in [5.41, 5.74) is 1.03. The molecule has 0 heterocycles. The average Bonchev–Trinajstić information content (AvgIpc) is 2.61. The van der Waals surface area contributed by atoms with Gasteiger partial charge in [-0.1, -0.05) is 31.4 Å². The van der Waals surface area contributed by atoms with Crippen LogP contribution in [-0.4, -0.2) is 35.6 Å². The normalized spacial score (nSPS) is 14.6. The summed E-state index contributed by atoms with van der Waals surface area (Å²) in [5.74, 6) is -1.14. The maximum Gasteiger partial charge on any atom is 0.335 e. The Morgan fingerprint density at radius 2 is 1.68 bits per heavy atom. The smallest absolute Gasteiger partial charge is 0.335 e. The minimum atomic E-state index is -0.979. The van der Waals surface area contributed by atoms with E-state index < -0.39 is 5.97 Å². The van der Waals surface area contributed by atoms with Gasteiger partial charge in [-0.05, 0) is 30.5 Å². The van der Waals surface area contributed by atoms with E-state index in [1.54, 1.807) is 12.1 Å². The summed E-state index contributed by atoms with van der Waals surface area (Å²) in [5, 5.41) is 17.2. The Bertz CT molecular complexity index is 595. The van der Waals surface area contributed by atoms with Gasteiger partial charge in [0.2, 0.25) is 5.91 Å². The third kappa shape index (κ3) is 6.82. The number of hydrogen-bond donors (Lipinski definition) is 4. The number of rotatable bonds is 7. The van der Waals surface area contributed by atoms with Crippen LogP contribution in [0.3, 0.4) is 0 Å². The van der Waals surface area contributed by atoms with Crippen molar-refractivity contribution >= 4 is 17.9 Å². The zero-order valence-corrected chi connectivity index (χ0v) is 14.2. The molecule has 0 aromatic heterocycles. The summed E-state index contributed by atoms with van der Waals surface area (Å²) in [7, 11) is 0. The Hall–Kier alpha value is -2.57. The van der Waals surface area contributed by atoms with E-state index in [9.17, 15) is 14.4 Å². The quantitative estimate of drug-likeness (QED) is 0.605. The van der Waals surface area contributed by atoms with Gasteiger partial charge in [-0.15, -0.1) is 0 Å². The lowest BCUT2D eigenvalue weighted by molar-refractivity contribution is -0.121. The number of carboxylic acids is 1. The molecule has 7 nitrogen and oxygen atoms in total. The first kappa shape index (κ1) is 18.8. The SMILES string of the molecule is O=C(CCNC(=O)NC1CCCCC1)NCc1ccc(C(=O)O)cc1. The Kier molecular flexibility index (Phi) is 7.25. The van der Waals surface area contributed by atoms with Crippen LogP contribution < -0.4 is 16.0 Å². The molecule has 1 aromatic carbocycles. The van der Waals surface area contributed by atoms with E-state index >= 15 is 0 Å².